The second kappa shape index (κ2) is 8.84. The molecule has 4 nitrogen and oxygen atoms in total. The SMILES string of the molecule is CC[S+]([O-])N[C@@H]1[C@H](Cc2cccc(-c3ccccc3)c2F)N(C(=O)C2CC2)CC1(F)F. The second-order valence-corrected chi connectivity index (χ2v) is 9.65. The summed E-state index contributed by atoms with van der Waals surface area (Å²) in [5.41, 5.74) is 1.32. The van der Waals surface area contributed by atoms with Gasteiger partial charge in [0.05, 0.1) is 12.6 Å². The van der Waals surface area contributed by atoms with E-state index < -0.39 is 41.7 Å². The van der Waals surface area contributed by atoms with Crippen LogP contribution in [0.2, 0.25) is 0 Å². The number of hydrogen-bond acceptors (Lipinski definition) is 3. The first kappa shape index (κ1) is 22.2. The highest BCUT2D eigenvalue weighted by Gasteiger charge is 2.58. The van der Waals surface area contributed by atoms with Gasteiger partial charge >= 0.3 is 0 Å². The molecule has 2 fully saturated rings. The van der Waals surface area contributed by atoms with Gasteiger partial charge in [0.1, 0.15) is 17.6 Å². The average Bonchev–Trinajstić information content (AvgIpc) is 3.57. The maximum absolute atomic E-state index is 15.4. The number of carbonyl (C=O) groups is 1. The van der Waals surface area contributed by atoms with E-state index in [0.29, 0.717) is 24.0 Å². The molecule has 2 aromatic rings. The molecular weight excluding hydrogens is 425 g/mol. The van der Waals surface area contributed by atoms with E-state index in [-0.39, 0.29) is 29.6 Å². The van der Waals surface area contributed by atoms with Gasteiger partial charge in [-0.2, -0.15) is 0 Å². The Balaban J connectivity index is 1.68. The van der Waals surface area contributed by atoms with Crippen molar-refractivity contribution in [2.24, 2.45) is 5.92 Å². The lowest BCUT2D eigenvalue weighted by Gasteiger charge is -2.29. The molecule has 0 bridgehead atoms. The van der Waals surface area contributed by atoms with Crippen molar-refractivity contribution in [3.05, 3.63) is 59.9 Å². The largest absolute Gasteiger partial charge is 0.598 e. The number of alkyl halides is 2. The van der Waals surface area contributed by atoms with Crippen molar-refractivity contribution < 1.29 is 22.5 Å². The fourth-order valence-corrected chi connectivity index (χ4v) is 4.91. The van der Waals surface area contributed by atoms with Gasteiger partial charge in [-0.15, -0.1) is 4.72 Å². The van der Waals surface area contributed by atoms with Gasteiger partial charge in [0.2, 0.25) is 5.91 Å². The van der Waals surface area contributed by atoms with Crippen molar-refractivity contribution in [2.75, 3.05) is 12.3 Å². The molecule has 1 unspecified atom stereocenters. The number of rotatable bonds is 7. The summed E-state index contributed by atoms with van der Waals surface area (Å²) in [7, 11) is 0. The maximum Gasteiger partial charge on any atom is 0.286 e. The van der Waals surface area contributed by atoms with Crippen LogP contribution < -0.4 is 4.72 Å². The average molecular weight is 451 g/mol. The molecule has 0 spiro atoms. The van der Waals surface area contributed by atoms with Crippen LogP contribution in [0.15, 0.2) is 48.5 Å². The van der Waals surface area contributed by atoms with Crippen LogP contribution in [-0.4, -0.2) is 45.7 Å². The summed E-state index contributed by atoms with van der Waals surface area (Å²) < 4.78 is 59.8. The van der Waals surface area contributed by atoms with Crippen LogP contribution in [0.4, 0.5) is 13.2 Å². The fourth-order valence-electron chi connectivity index (χ4n) is 4.13. The second-order valence-electron chi connectivity index (χ2n) is 8.15. The highest BCUT2D eigenvalue weighted by atomic mass is 32.2. The Hall–Kier alpha value is -2.03. The van der Waals surface area contributed by atoms with E-state index >= 15 is 4.39 Å². The highest BCUT2D eigenvalue weighted by molar-refractivity contribution is 7.89. The summed E-state index contributed by atoms with van der Waals surface area (Å²) in [5.74, 6) is -4.15. The summed E-state index contributed by atoms with van der Waals surface area (Å²) in [6.07, 6.45) is 1.29. The molecule has 1 aliphatic heterocycles. The van der Waals surface area contributed by atoms with Gasteiger partial charge in [-0.25, -0.2) is 13.2 Å². The maximum atomic E-state index is 15.4. The Kier molecular flexibility index (Phi) is 6.32. The minimum atomic E-state index is -3.26. The summed E-state index contributed by atoms with van der Waals surface area (Å²) in [6.45, 7) is 0.882. The first-order valence-electron chi connectivity index (χ1n) is 10.5. The lowest BCUT2D eigenvalue weighted by Crippen LogP contribution is -2.52. The van der Waals surface area contributed by atoms with Gasteiger partial charge in [-0.1, -0.05) is 48.5 Å². The van der Waals surface area contributed by atoms with Gasteiger partial charge in [0.25, 0.3) is 5.92 Å². The molecular formula is C23H25F3N2O2S. The Morgan fingerprint density at radius 2 is 1.90 bits per heavy atom. The number of halogens is 3. The Morgan fingerprint density at radius 1 is 1.19 bits per heavy atom. The molecule has 166 valence electrons. The third-order valence-electron chi connectivity index (χ3n) is 5.94. The minimum absolute atomic E-state index is 0.0842. The van der Waals surface area contributed by atoms with E-state index in [9.17, 15) is 18.1 Å². The van der Waals surface area contributed by atoms with E-state index in [4.69, 9.17) is 0 Å². The zero-order chi connectivity index (χ0) is 22.2. The fraction of sp³-hybridized carbons (Fsp3) is 0.435. The third-order valence-corrected chi connectivity index (χ3v) is 6.99. The number of benzene rings is 2. The standard InChI is InChI=1S/C23H25F3N2O2S/c1-2-31(30)27-21-19(28(14-23(21,25)26)22(29)16-11-12-16)13-17-9-6-10-18(20(17)24)15-7-4-3-5-8-15/h3-10,16,19,21,27H,2,11-14H2,1H3/t19-,21+,31?/m0/s1. The van der Waals surface area contributed by atoms with Crippen molar-refractivity contribution in [3.8, 4) is 11.1 Å². The van der Waals surface area contributed by atoms with Crippen LogP contribution in [0.3, 0.4) is 0 Å². The molecule has 1 saturated carbocycles. The quantitative estimate of drug-likeness (QED) is 0.651. The number of nitrogens with one attached hydrogen (secondary N) is 1. The molecule has 1 amide bonds. The predicted octanol–water partition coefficient (Wildman–Crippen LogP) is 3.93. The molecule has 1 saturated heterocycles. The first-order chi connectivity index (χ1) is 14.8. The highest BCUT2D eigenvalue weighted by Crippen LogP contribution is 2.40. The van der Waals surface area contributed by atoms with Crippen LogP contribution in [-0.2, 0) is 22.6 Å². The molecule has 3 atom stereocenters. The molecule has 2 aromatic carbocycles. The van der Waals surface area contributed by atoms with Crippen molar-refractivity contribution in [3.63, 3.8) is 0 Å². The lowest BCUT2D eigenvalue weighted by atomic mass is 9.95. The molecule has 2 aliphatic rings. The monoisotopic (exact) mass is 450 g/mol. The number of nitrogens with zero attached hydrogens (tertiary/aromatic N) is 1. The summed E-state index contributed by atoms with van der Waals surface area (Å²) >= 11 is -1.67. The number of amides is 1. The van der Waals surface area contributed by atoms with Crippen molar-refractivity contribution >= 4 is 17.3 Å². The summed E-state index contributed by atoms with van der Waals surface area (Å²) in [5, 5.41) is 0. The third kappa shape index (κ3) is 4.61. The summed E-state index contributed by atoms with van der Waals surface area (Å²) in [4.78, 5) is 13.9. The van der Waals surface area contributed by atoms with Crippen LogP contribution in [0.25, 0.3) is 11.1 Å². The molecule has 1 heterocycles. The van der Waals surface area contributed by atoms with Crippen molar-refractivity contribution in [1.29, 1.82) is 0 Å². The van der Waals surface area contributed by atoms with Crippen LogP contribution in [0.5, 0.6) is 0 Å². The van der Waals surface area contributed by atoms with E-state index in [1.807, 2.05) is 6.07 Å². The zero-order valence-electron chi connectivity index (χ0n) is 17.2. The zero-order valence-corrected chi connectivity index (χ0v) is 18.0. The Labute approximate surface area is 183 Å². The molecule has 1 N–H and O–H groups in total. The van der Waals surface area contributed by atoms with Gasteiger partial charge in [-0.3, -0.25) is 4.79 Å². The molecule has 0 radical (unpaired) electrons. The lowest BCUT2D eigenvalue weighted by molar-refractivity contribution is -0.134. The Morgan fingerprint density at radius 3 is 2.55 bits per heavy atom. The van der Waals surface area contributed by atoms with Gasteiger partial charge in [0, 0.05) is 22.8 Å². The summed E-state index contributed by atoms with van der Waals surface area (Å²) in [6, 6.07) is 11.4. The van der Waals surface area contributed by atoms with E-state index in [1.165, 1.54) is 4.90 Å². The van der Waals surface area contributed by atoms with E-state index in [0.717, 1.165) is 0 Å². The van der Waals surface area contributed by atoms with Crippen molar-refractivity contribution in [1.82, 2.24) is 9.62 Å². The smallest absolute Gasteiger partial charge is 0.286 e. The molecule has 8 heteroatoms. The molecule has 31 heavy (non-hydrogen) atoms. The molecule has 0 aromatic heterocycles. The number of hydrogen-bond donors (Lipinski definition) is 1. The number of likely N-dealkylation sites (tertiary alicyclic amines) is 1. The van der Waals surface area contributed by atoms with Gasteiger partial charge < -0.3 is 9.45 Å². The van der Waals surface area contributed by atoms with Crippen LogP contribution in [0, 0.1) is 11.7 Å². The van der Waals surface area contributed by atoms with Gasteiger partial charge in [-0.05, 0) is 37.3 Å². The topological polar surface area (TPSA) is 55.4 Å². The van der Waals surface area contributed by atoms with E-state index in [1.54, 1.807) is 49.4 Å². The van der Waals surface area contributed by atoms with E-state index in [2.05, 4.69) is 4.72 Å². The van der Waals surface area contributed by atoms with Crippen molar-refractivity contribution in [2.45, 2.75) is 44.2 Å². The molecule has 1 aliphatic carbocycles. The van der Waals surface area contributed by atoms with Gasteiger partial charge in [0.15, 0.2) is 0 Å². The minimum Gasteiger partial charge on any atom is -0.598 e. The van der Waals surface area contributed by atoms with Crippen LogP contribution >= 0.6 is 0 Å². The Bertz CT molecular complexity index is 940. The number of carbonyl (C=O) groups excluding carboxylic acids is 1. The molecule has 4 rings (SSSR count). The first-order valence-corrected chi connectivity index (χ1v) is 11.8. The van der Waals surface area contributed by atoms with Crippen LogP contribution in [0.1, 0.15) is 25.3 Å². The normalized spacial score (nSPS) is 23.7. The predicted molar refractivity (Wildman–Crippen MR) is 114 cm³/mol.